The molecule has 4 nitrogen and oxygen atoms in total. The number of rotatable bonds is 0. The fourth-order valence-corrected chi connectivity index (χ4v) is 0.735. The lowest BCUT2D eigenvalue weighted by Gasteiger charge is -2.01. The molecule has 2 rings (SSSR count). The van der Waals surface area contributed by atoms with Gasteiger partial charge in [-0.2, -0.15) is 0 Å². The van der Waals surface area contributed by atoms with Gasteiger partial charge in [0.1, 0.15) is 18.7 Å². The Morgan fingerprint density at radius 3 is 3.22 bits per heavy atom. The topological polar surface area (TPSA) is 49.4 Å². The van der Waals surface area contributed by atoms with Gasteiger partial charge in [0, 0.05) is 6.21 Å². The van der Waals surface area contributed by atoms with Gasteiger partial charge in [-0.25, -0.2) is 15.0 Å². The summed E-state index contributed by atoms with van der Waals surface area (Å²) < 4.78 is 0. The highest BCUT2D eigenvalue weighted by atomic mass is 15.1. The summed E-state index contributed by atoms with van der Waals surface area (Å²) in [5.41, 5.74) is 0. The molecule has 0 amide bonds. The van der Waals surface area contributed by atoms with E-state index < -0.39 is 0 Å². The van der Waals surface area contributed by atoms with Gasteiger partial charge in [-0.3, -0.25) is 4.99 Å². The predicted octanol–water partition coefficient (Wildman–Crippen LogP) is -0.0919. The lowest BCUT2D eigenvalue weighted by Crippen LogP contribution is -2.17. The normalized spacial score (nSPS) is 28.4. The van der Waals surface area contributed by atoms with Gasteiger partial charge in [-0.05, 0) is 0 Å². The zero-order chi connectivity index (χ0) is 6.10. The Labute approximate surface area is 51.8 Å². The smallest absolute Gasteiger partial charge is 0.161 e. The van der Waals surface area contributed by atoms with Gasteiger partial charge in [-0.1, -0.05) is 0 Å². The summed E-state index contributed by atoms with van der Waals surface area (Å²) in [7, 11) is 0. The van der Waals surface area contributed by atoms with Crippen molar-refractivity contribution in [1.29, 1.82) is 0 Å². The van der Waals surface area contributed by atoms with E-state index in [1.54, 1.807) is 6.21 Å². The van der Waals surface area contributed by atoms with Crippen LogP contribution in [-0.2, 0) is 0 Å². The van der Waals surface area contributed by atoms with E-state index in [1.807, 2.05) is 0 Å². The molecule has 1 atom stereocenters. The van der Waals surface area contributed by atoms with Crippen molar-refractivity contribution in [3.63, 3.8) is 0 Å². The van der Waals surface area contributed by atoms with Crippen molar-refractivity contribution in [3.05, 3.63) is 0 Å². The molecule has 0 radical (unpaired) electrons. The minimum atomic E-state index is -0.00463. The van der Waals surface area contributed by atoms with Gasteiger partial charge in [0.25, 0.3) is 0 Å². The summed E-state index contributed by atoms with van der Waals surface area (Å²) >= 11 is 0. The maximum absolute atomic E-state index is 3.97. The number of aliphatic imine (C=N–C) groups is 4. The van der Waals surface area contributed by atoms with Gasteiger partial charge in [0.15, 0.2) is 5.84 Å². The Balaban J connectivity index is 2.40. The lowest BCUT2D eigenvalue weighted by molar-refractivity contribution is 1.17. The van der Waals surface area contributed by atoms with E-state index in [4.69, 9.17) is 0 Å². The largest absolute Gasteiger partial charge is 0.256 e. The fourth-order valence-electron chi connectivity index (χ4n) is 0.735. The van der Waals surface area contributed by atoms with E-state index >= 15 is 0 Å². The summed E-state index contributed by atoms with van der Waals surface area (Å²) in [4.78, 5) is 15.6. The molecule has 0 aromatic rings. The van der Waals surface area contributed by atoms with Crippen LogP contribution in [-0.4, -0.2) is 30.8 Å². The molecule has 0 aliphatic carbocycles. The Morgan fingerprint density at radius 2 is 2.33 bits per heavy atom. The number of hydrogen-bond donors (Lipinski definition) is 0. The molecule has 0 saturated heterocycles. The lowest BCUT2D eigenvalue weighted by atomic mass is 10.3. The second kappa shape index (κ2) is 1.58. The molecule has 9 heavy (non-hydrogen) atoms. The van der Waals surface area contributed by atoms with Crippen LogP contribution >= 0.6 is 0 Å². The molecule has 2 aliphatic rings. The highest BCUT2D eigenvalue weighted by Gasteiger charge is 2.15. The monoisotopic (exact) mass is 120 g/mol. The maximum Gasteiger partial charge on any atom is 0.161 e. The molecule has 0 aromatic carbocycles. The first kappa shape index (κ1) is 4.55. The van der Waals surface area contributed by atoms with Crippen LogP contribution in [0.25, 0.3) is 0 Å². The van der Waals surface area contributed by atoms with Crippen molar-refractivity contribution in [2.75, 3.05) is 0 Å². The van der Waals surface area contributed by atoms with E-state index in [-0.39, 0.29) is 6.04 Å². The van der Waals surface area contributed by atoms with Crippen molar-refractivity contribution in [2.24, 2.45) is 20.0 Å². The summed E-state index contributed by atoms with van der Waals surface area (Å²) in [6, 6.07) is -0.00463. The zero-order valence-electron chi connectivity index (χ0n) is 4.60. The molecule has 2 heterocycles. The van der Waals surface area contributed by atoms with Crippen molar-refractivity contribution >= 4 is 24.7 Å². The first-order valence-electron chi connectivity index (χ1n) is 2.62. The van der Waals surface area contributed by atoms with Crippen LogP contribution in [0, 0.1) is 0 Å². The van der Waals surface area contributed by atoms with Crippen molar-refractivity contribution < 1.29 is 0 Å². The van der Waals surface area contributed by atoms with Crippen LogP contribution in [0.15, 0.2) is 20.0 Å². The standard InChI is InChI=1S/C5H4N4/c1-4-5(8-2-6-1)9-3-7-4/h1-4H/t4-/m1/s1. The molecule has 0 unspecified atom stereocenters. The molecule has 0 bridgehead atoms. The average Bonchev–Trinajstić information content (AvgIpc) is 2.33. The number of amidine groups is 1. The summed E-state index contributed by atoms with van der Waals surface area (Å²) in [5.74, 6) is 0.741. The molecule has 0 fully saturated rings. The number of nitrogens with zero attached hydrogens (tertiary/aromatic N) is 4. The minimum Gasteiger partial charge on any atom is -0.256 e. The number of hydrogen-bond acceptors (Lipinski definition) is 4. The molecular weight excluding hydrogens is 116 g/mol. The Hall–Kier alpha value is -1.32. The summed E-state index contributed by atoms with van der Waals surface area (Å²) in [6.07, 6.45) is 4.70. The van der Waals surface area contributed by atoms with Crippen molar-refractivity contribution in [2.45, 2.75) is 6.04 Å². The molecule has 0 spiro atoms. The molecule has 2 aliphatic heterocycles. The zero-order valence-corrected chi connectivity index (χ0v) is 4.60. The first-order chi connectivity index (χ1) is 4.47. The van der Waals surface area contributed by atoms with E-state index in [0.717, 1.165) is 5.84 Å². The SMILES string of the molecule is C1=NC=NC2=NC=N[C@H]12. The van der Waals surface area contributed by atoms with Gasteiger partial charge >= 0.3 is 0 Å². The fraction of sp³-hybridized carbons (Fsp3) is 0.200. The summed E-state index contributed by atoms with van der Waals surface area (Å²) in [5, 5.41) is 0. The van der Waals surface area contributed by atoms with Crippen LogP contribution in [0.5, 0.6) is 0 Å². The van der Waals surface area contributed by atoms with Crippen LogP contribution in [0.3, 0.4) is 0 Å². The van der Waals surface area contributed by atoms with Crippen LogP contribution in [0.2, 0.25) is 0 Å². The van der Waals surface area contributed by atoms with E-state index in [0.29, 0.717) is 0 Å². The second-order valence-electron chi connectivity index (χ2n) is 1.74. The Bertz CT molecular complexity index is 235. The number of fused-ring (bicyclic) bond motifs is 1. The molecular formula is C5H4N4. The predicted molar refractivity (Wildman–Crippen MR) is 36.7 cm³/mol. The third kappa shape index (κ3) is 0.595. The quantitative estimate of drug-likeness (QED) is 0.429. The van der Waals surface area contributed by atoms with E-state index in [9.17, 15) is 0 Å². The maximum atomic E-state index is 3.97. The van der Waals surface area contributed by atoms with E-state index in [1.165, 1.54) is 12.7 Å². The average molecular weight is 120 g/mol. The van der Waals surface area contributed by atoms with Crippen molar-refractivity contribution in [1.82, 2.24) is 0 Å². The summed E-state index contributed by atoms with van der Waals surface area (Å²) in [6.45, 7) is 0. The highest BCUT2D eigenvalue weighted by Crippen LogP contribution is 2.02. The molecule has 44 valence electrons. The Morgan fingerprint density at radius 1 is 1.33 bits per heavy atom. The Kier molecular flexibility index (Phi) is 0.798. The molecule has 0 aromatic heterocycles. The second-order valence-corrected chi connectivity index (χ2v) is 1.74. The third-order valence-corrected chi connectivity index (χ3v) is 1.17. The molecule has 0 saturated carbocycles. The van der Waals surface area contributed by atoms with Gasteiger partial charge < -0.3 is 0 Å². The van der Waals surface area contributed by atoms with Gasteiger partial charge in [0.2, 0.25) is 0 Å². The molecule has 4 heteroatoms. The minimum absolute atomic E-state index is 0.00463. The van der Waals surface area contributed by atoms with Crippen LogP contribution < -0.4 is 0 Å². The van der Waals surface area contributed by atoms with E-state index in [2.05, 4.69) is 20.0 Å². The third-order valence-electron chi connectivity index (χ3n) is 1.17. The first-order valence-corrected chi connectivity index (χ1v) is 2.62. The van der Waals surface area contributed by atoms with Gasteiger partial charge in [-0.15, -0.1) is 0 Å². The van der Waals surface area contributed by atoms with Crippen molar-refractivity contribution in [3.8, 4) is 0 Å². The van der Waals surface area contributed by atoms with Crippen LogP contribution in [0.1, 0.15) is 0 Å². The van der Waals surface area contributed by atoms with Crippen LogP contribution in [0.4, 0.5) is 0 Å². The highest BCUT2D eigenvalue weighted by molar-refractivity contribution is 6.13. The molecule has 0 N–H and O–H groups in total. The van der Waals surface area contributed by atoms with Gasteiger partial charge in [0.05, 0.1) is 0 Å².